The van der Waals surface area contributed by atoms with Crippen molar-refractivity contribution in [2.75, 3.05) is 0 Å². The van der Waals surface area contributed by atoms with E-state index in [1.165, 1.54) is 24.6 Å². The van der Waals surface area contributed by atoms with Gasteiger partial charge in [0.1, 0.15) is 28.5 Å². The first kappa shape index (κ1) is 21.5. The molecule has 0 bridgehead atoms. The van der Waals surface area contributed by atoms with Crippen LogP contribution in [-0.2, 0) is 4.79 Å². The third-order valence-electron chi connectivity index (χ3n) is 4.54. The van der Waals surface area contributed by atoms with Crippen molar-refractivity contribution < 1.29 is 23.3 Å². The number of aryl methyl sites for hydroxylation is 1. The minimum atomic E-state index is -0.529. The highest BCUT2D eigenvalue weighted by molar-refractivity contribution is 6.01. The van der Waals surface area contributed by atoms with E-state index in [0.717, 1.165) is 5.56 Å². The summed E-state index contributed by atoms with van der Waals surface area (Å²) in [6, 6.07) is 19.4. The van der Waals surface area contributed by atoms with E-state index < -0.39 is 11.9 Å². The summed E-state index contributed by atoms with van der Waals surface area (Å²) in [5.74, 6) is 0.362. The predicted octanol–water partition coefficient (Wildman–Crippen LogP) is 4.63. The summed E-state index contributed by atoms with van der Waals surface area (Å²) >= 11 is 0. The van der Waals surface area contributed by atoms with Gasteiger partial charge in [-0.2, -0.15) is 5.10 Å². The molecule has 1 amide bonds. The molecule has 4 rings (SSSR count). The van der Waals surface area contributed by atoms with Gasteiger partial charge >= 0.3 is 5.97 Å². The average molecular weight is 441 g/mol. The first-order valence-electron chi connectivity index (χ1n) is 9.99. The molecule has 0 fully saturated rings. The van der Waals surface area contributed by atoms with Crippen LogP contribution < -0.4 is 10.2 Å². The molecule has 0 atom stereocenters. The molecule has 0 saturated heterocycles. The van der Waals surface area contributed by atoms with E-state index in [0.29, 0.717) is 34.1 Å². The van der Waals surface area contributed by atoms with Gasteiger partial charge in [0.25, 0.3) is 5.91 Å². The van der Waals surface area contributed by atoms with Crippen LogP contribution in [0, 0.1) is 6.92 Å². The molecule has 0 radical (unpaired) electrons. The quantitative estimate of drug-likeness (QED) is 0.147. The fourth-order valence-corrected chi connectivity index (χ4v) is 2.96. The molecular formula is C25H19N3O5. The number of esters is 1. The Bertz CT molecular complexity index is 1290. The number of rotatable bonds is 7. The minimum absolute atomic E-state index is 0.322. The molecule has 0 unspecified atom stereocenters. The Morgan fingerprint density at radius 1 is 1.03 bits per heavy atom. The predicted molar refractivity (Wildman–Crippen MR) is 122 cm³/mol. The number of hydrazone groups is 1. The molecule has 2 heterocycles. The van der Waals surface area contributed by atoms with Gasteiger partial charge in [-0.3, -0.25) is 4.79 Å². The molecule has 8 heteroatoms. The maximum absolute atomic E-state index is 12.6. The zero-order valence-corrected chi connectivity index (χ0v) is 17.6. The van der Waals surface area contributed by atoms with Gasteiger partial charge in [-0.15, -0.1) is 0 Å². The van der Waals surface area contributed by atoms with Crippen LogP contribution in [0.2, 0.25) is 0 Å². The van der Waals surface area contributed by atoms with E-state index in [4.69, 9.17) is 13.7 Å². The summed E-state index contributed by atoms with van der Waals surface area (Å²) in [7, 11) is 0. The second-order valence-corrected chi connectivity index (χ2v) is 6.87. The smallest absolute Gasteiger partial charge is 0.336 e. The lowest BCUT2D eigenvalue weighted by Gasteiger charge is -2.02. The molecule has 33 heavy (non-hydrogen) atoms. The monoisotopic (exact) mass is 441 g/mol. The Kier molecular flexibility index (Phi) is 6.56. The molecular weight excluding hydrogens is 422 g/mol. The summed E-state index contributed by atoms with van der Waals surface area (Å²) in [6.45, 7) is 1.67. The van der Waals surface area contributed by atoms with Crippen molar-refractivity contribution in [3.63, 3.8) is 0 Å². The Hall–Kier alpha value is -4.72. The van der Waals surface area contributed by atoms with Gasteiger partial charge in [0, 0.05) is 11.6 Å². The summed E-state index contributed by atoms with van der Waals surface area (Å²) in [5, 5.41) is 7.99. The van der Waals surface area contributed by atoms with Crippen molar-refractivity contribution >= 4 is 24.2 Å². The Labute approximate surface area is 189 Å². The number of ether oxygens (including phenoxy) is 1. The highest BCUT2D eigenvalue weighted by Gasteiger charge is 2.21. The first-order chi connectivity index (χ1) is 16.1. The van der Waals surface area contributed by atoms with E-state index in [9.17, 15) is 9.59 Å². The van der Waals surface area contributed by atoms with Gasteiger partial charge in [-0.25, -0.2) is 10.2 Å². The highest BCUT2D eigenvalue weighted by atomic mass is 16.5. The summed E-state index contributed by atoms with van der Waals surface area (Å²) in [5.41, 5.74) is 4.73. The van der Waals surface area contributed by atoms with Crippen LogP contribution in [0.1, 0.15) is 27.4 Å². The standard InChI is InChI=1S/C25H19N3O5/c1-17-23(24(28-33-17)19-6-3-2-4-7-19)25(30)27-26-16-18-9-11-21(12-10-18)32-22(29)14-13-20-8-5-15-31-20/h2-16H,1H3,(H,27,30)/b14-13+,26-16?. The number of amides is 1. The second kappa shape index (κ2) is 10.1. The largest absolute Gasteiger partial charge is 0.465 e. The number of nitrogens with zero attached hydrogens (tertiary/aromatic N) is 2. The molecule has 0 aliphatic carbocycles. The lowest BCUT2D eigenvalue weighted by molar-refractivity contribution is -0.128. The number of aromatic nitrogens is 1. The summed E-state index contributed by atoms with van der Waals surface area (Å²) in [4.78, 5) is 24.5. The van der Waals surface area contributed by atoms with E-state index in [1.807, 2.05) is 30.3 Å². The molecule has 1 N–H and O–H groups in total. The number of furan rings is 1. The van der Waals surface area contributed by atoms with Gasteiger partial charge in [0.15, 0.2) is 0 Å². The lowest BCUT2D eigenvalue weighted by atomic mass is 10.1. The Morgan fingerprint density at radius 2 is 1.82 bits per heavy atom. The maximum atomic E-state index is 12.6. The zero-order valence-electron chi connectivity index (χ0n) is 17.6. The van der Waals surface area contributed by atoms with Gasteiger partial charge in [-0.05, 0) is 55.0 Å². The van der Waals surface area contributed by atoms with Gasteiger partial charge in [0.05, 0.1) is 12.5 Å². The third kappa shape index (κ3) is 5.50. The molecule has 164 valence electrons. The van der Waals surface area contributed by atoms with Crippen molar-refractivity contribution in [1.29, 1.82) is 0 Å². The van der Waals surface area contributed by atoms with Gasteiger partial charge < -0.3 is 13.7 Å². The number of carbonyl (C=O) groups is 2. The van der Waals surface area contributed by atoms with Crippen molar-refractivity contribution in [3.8, 4) is 17.0 Å². The van der Waals surface area contributed by atoms with Crippen LogP contribution in [0.15, 0.2) is 93.1 Å². The molecule has 0 aliphatic heterocycles. The van der Waals surface area contributed by atoms with Crippen LogP contribution in [0.5, 0.6) is 5.75 Å². The molecule has 4 aromatic rings. The van der Waals surface area contributed by atoms with Gasteiger partial charge in [0.2, 0.25) is 0 Å². The number of hydrogen-bond acceptors (Lipinski definition) is 7. The van der Waals surface area contributed by atoms with Crippen LogP contribution in [0.25, 0.3) is 17.3 Å². The van der Waals surface area contributed by atoms with Crippen molar-refractivity contribution in [1.82, 2.24) is 10.6 Å². The number of carbonyl (C=O) groups excluding carboxylic acids is 2. The van der Waals surface area contributed by atoms with E-state index >= 15 is 0 Å². The van der Waals surface area contributed by atoms with Crippen molar-refractivity contribution in [3.05, 3.63) is 102 Å². The molecule has 0 aliphatic rings. The summed E-state index contributed by atoms with van der Waals surface area (Å²) in [6.07, 6.45) is 5.79. The Morgan fingerprint density at radius 3 is 2.55 bits per heavy atom. The molecule has 8 nitrogen and oxygen atoms in total. The number of hydrogen-bond donors (Lipinski definition) is 1. The third-order valence-corrected chi connectivity index (χ3v) is 4.54. The fraction of sp³-hybridized carbons (Fsp3) is 0.0400. The molecule has 0 saturated carbocycles. The van der Waals surface area contributed by atoms with Crippen LogP contribution in [-0.4, -0.2) is 23.2 Å². The lowest BCUT2D eigenvalue weighted by Crippen LogP contribution is -2.18. The van der Waals surface area contributed by atoms with Crippen molar-refractivity contribution in [2.24, 2.45) is 5.10 Å². The van der Waals surface area contributed by atoms with Crippen LogP contribution >= 0.6 is 0 Å². The molecule has 0 spiro atoms. The van der Waals surface area contributed by atoms with Crippen molar-refractivity contribution in [2.45, 2.75) is 6.92 Å². The average Bonchev–Trinajstić information content (AvgIpc) is 3.49. The number of nitrogens with one attached hydrogen (secondary N) is 1. The Balaban J connectivity index is 1.35. The zero-order chi connectivity index (χ0) is 23.0. The minimum Gasteiger partial charge on any atom is -0.465 e. The van der Waals surface area contributed by atoms with E-state index in [-0.39, 0.29) is 0 Å². The topological polar surface area (TPSA) is 107 Å². The molecule has 2 aromatic carbocycles. The molecule has 2 aromatic heterocycles. The van der Waals surface area contributed by atoms with E-state index in [1.54, 1.807) is 43.3 Å². The first-order valence-corrected chi connectivity index (χ1v) is 9.99. The highest BCUT2D eigenvalue weighted by Crippen LogP contribution is 2.24. The fourth-order valence-electron chi connectivity index (χ4n) is 2.96. The SMILES string of the molecule is Cc1onc(-c2ccccc2)c1C(=O)NN=Cc1ccc(OC(=O)/C=C/c2ccco2)cc1. The van der Waals surface area contributed by atoms with Crippen LogP contribution in [0.3, 0.4) is 0 Å². The maximum Gasteiger partial charge on any atom is 0.336 e. The second-order valence-electron chi connectivity index (χ2n) is 6.87. The summed E-state index contributed by atoms with van der Waals surface area (Å²) < 4.78 is 15.5. The van der Waals surface area contributed by atoms with Crippen LogP contribution in [0.4, 0.5) is 0 Å². The van der Waals surface area contributed by atoms with E-state index in [2.05, 4.69) is 15.7 Å². The number of benzene rings is 2. The normalized spacial score (nSPS) is 11.2. The van der Waals surface area contributed by atoms with Gasteiger partial charge in [-0.1, -0.05) is 35.5 Å².